The third-order valence-corrected chi connectivity index (χ3v) is 7.26. The Labute approximate surface area is 219 Å². The van der Waals surface area contributed by atoms with Gasteiger partial charge in [0.05, 0.1) is 22.7 Å². The maximum atomic E-state index is 14.3. The van der Waals surface area contributed by atoms with Crippen LogP contribution in [-0.4, -0.2) is 4.57 Å². The van der Waals surface area contributed by atoms with Gasteiger partial charge in [-0.15, -0.1) is 0 Å². The summed E-state index contributed by atoms with van der Waals surface area (Å²) in [6.45, 7) is 0. The molecule has 0 saturated carbocycles. The van der Waals surface area contributed by atoms with Crippen LogP contribution in [-0.2, 0) is 0 Å². The molecule has 3 heteroatoms. The number of halogens is 1. The molecule has 1 aromatic heterocycles. The van der Waals surface area contributed by atoms with Crippen molar-refractivity contribution in [3.8, 4) is 34.0 Å². The lowest BCUT2D eigenvalue weighted by Gasteiger charge is -2.13. The van der Waals surface area contributed by atoms with Crippen molar-refractivity contribution in [3.63, 3.8) is 0 Å². The summed E-state index contributed by atoms with van der Waals surface area (Å²) >= 11 is 0. The van der Waals surface area contributed by atoms with Gasteiger partial charge in [-0.1, -0.05) is 78.9 Å². The molecule has 0 aliphatic rings. The summed E-state index contributed by atoms with van der Waals surface area (Å²) in [5.41, 5.74) is 7.61. The first-order chi connectivity index (χ1) is 18.7. The minimum absolute atomic E-state index is 0.313. The van der Waals surface area contributed by atoms with Gasteiger partial charge in [-0.2, -0.15) is 5.26 Å². The molecular weight excluding hydrogens is 467 g/mol. The molecule has 0 saturated heterocycles. The van der Waals surface area contributed by atoms with E-state index in [0.29, 0.717) is 11.1 Å². The van der Waals surface area contributed by atoms with Crippen LogP contribution in [0.5, 0.6) is 0 Å². The number of hydrogen-bond acceptors (Lipinski definition) is 1. The van der Waals surface area contributed by atoms with E-state index < -0.39 is 5.82 Å². The second-order valence-electron chi connectivity index (χ2n) is 9.47. The second-order valence-corrected chi connectivity index (χ2v) is 9.47. The normalized spacial score (nSPS) is 11.3. The molecule has 0 bridgehead atoms. The third kappa shape index (κ3) is 3.47. The lowest BCUT2D eigenvalue weighted by atomic mass is 9.91. The number of aromatic nitrogens is 1. The molecule has 0 radical (unpaired) electrons. The molecule has 0 aliphatic carbocycles. The van der Waals surface area contributed by atoms with Crippen molar-refractivity contribution < 1.29 is 4.39 Å². The molecule has 0 N–H and O–H groups in total. The number of para-hydroxylation sites is 2. The molecule has 7 rings (SSSR count). The smallest absolute Gasteiger partial charge is 0.125 e. The van der Waals surface area contributed by atoms with Crippen LogP contribution in [0.2, 0.25) is 0 Å². The maximum absolute atomic E-state index is 14.3. The summed E-state index contributed by atoms with van der Waals surface area (Å²) in [4.78, 5) is 0. The van der Waals surface area contributed by atoms with Crippen LogP contribution in [0.4, 0.5) is 4.39 Å². The Morgan fingerprint density at radius 2 is 1.16 bits per heavy atom. The van der Waals surface area contributed by atoms with E-state index in [1.54, 1.807) is 6.07 Å². The summed E-state index contributed by atoms with van der Waals surface area (Å²) in [5, 5.41) is 13.9. The number of rotatable bonds is 3. The highest BCUT2D eigenvalue weighted by molar-refractivity contribution is 6.12. The fourth-order valence-corrected chi connectivity index (χ4v) is 5.61. The zero-order valence-corrected chi connectivity index (χ0v) is 20.4. The highest BCUT2D eigenvalue weighted by atomic mass is 19.1. The van der Waals surface area contributed by atoms with Gasteiger partial charge in [0, 0.05) is 16.5 Å². The average molecular weight is 489 g/mol. The van der Waals surface area contributed by atoms with Crippen molar-refractivity contribution in [2.75, 3.05) is 0 Å². The van der Waals surface area contributed by atoms with Crippen molar-refractivity contribution >= 4 is 32.6 Å². The van der Waals surface area contributed by atoms with Gasteiger partial charge in [0.1, 0.15) is 5.82 Å². The number of nitriles is 1. The molecule has 178 valence electrons. The van der Waals surface area contributed by atoms with Gasteiger partial charge in [-0.05, 0) is 81.6 Å². The van der Waals surface area contributed by atoms with Gasteiger partial charge in [0.15, 0.2) is 0 Å². The lowest BCUT2D eigenvalue weighted by molar-refractivity contribution is 0.628. The van der Waals surface area contributed by atoms with Crippen molar-refractivity contribution in [2.24, 2.45) is 0 Å². The average Bonchev–Trinajstić information content (AvgIpc) is 3.30. The predicted molar refractivity (Wildman–Crippen MR) is 154 cm³/mol. The highest BCUT2D eigenvalue weighted by Crippen LogP contribution is 2.39. The summed E-state index contributed by atoms with van der Waals surface area (Å²) in [6, 6.07) is 44.5. The van der Waals surface area contributed by atoms with Crippen LogP contribution in [0.1, 0.15) is 5.56 Å². The monoisotopic (exact) mass is 488 g/mol. The van der Waals surface area contributed by atoms with E-state index in [9.17, 15) is 9.65 Å². The molecule has 0 atom stereocenters. The minimum atomic E-state index is -0.410. The molecule has 0 aliphatic heterocycles. The van der Waals surface area contributed by atoms with Gasteiger partial charge in [0.2, 0.25) is 0 Å². The number of nitrogens with zero attached hydrogens (tertiary/aromatic N) is 2. The first kappa shape index (κ1) is 22.0. The summed E-state index contributed by atoms with van der Waals surface area (Å²) in [5.74, 6) is -0.410. The Morgan fingerprint density at radius 3 is 1.89 bits per heavy atom. The summed E-state index contributed by atoms with van der Waals surface area (Å²) in [6.07, 6.45) is 0. The molecule has 1 heterocycles. The Bertz CT molecular complexity index is 2050. The third-order valence-electron chi connectivity index (χ3n) is 7.26. The number of fused-ring (bicyclic) bond motifs is 4. The Kier molecular flexibility index (Phi) is 5.06. The first-order valence-electron chi connectivity index (χ1n) is 12.5. The van der Waals surface area contributed by atoms with E-state index in [0.717, 1.165) is 38.7 Å². The Morgan fingerprint density at radius 1 is 0.526 bits per heavy atom. The van der Waals surface area contributed by atoms with Crippen LogP contribution in [0, 0.1) is 17.1 Å². The van der Waals surface area contributed by atoms with E-state index in [-0.39, 0.29) is 0 Å². The largest absolute Gasteiger partial charge is 0.309 e. The standard InChI is InChI=1S/C35H21FN2/c36-26-19-23(22-37)18-25(20-26)29-16-15-28(30-10-4-5-11-31(29)30)24-14-17-35-33(21-24)32-12-6-7-13-34(32)38(35)27-8-2-1-3-9-27/h1-21H. The number of benzene rings is 6. The molecule has 2 nitrogen and oxygen atoms in total. The second kappa shape index (κ2) is 8.73. The highest BCUT2D eigenvalue weighted by Gasteiger charge is 2.15. The zero-order chi connectivity index (χ0) is 25.6. The first-order valence-corrected chi connectivity index (χ1v) is 12.5. The Balaban J connectivity index is 1.46. The summed E-state index contributed by atoms with van der Waals surface area (Å²) in [7, 11) is 0. The quantitative estimate of drug-likeness (QED) is 0.244. The number of hydrogen-bond donors (Lipinski definition) is 0. The van der Waals surface area contributed by atoms with Crippen LogP contribution < -0.4 is 0 Å². The summed E-state index contributed by atoms with van der Waals surface area (Å²) < 4.78 is 16.6. The molecule has 0 fully saturated rings. The van der Waals surface area contributed by atoms with Crippen molar-refractivity contribution in [3.05, 3.63) is 139 Å². The molecular formula is C35H21FN2. The fraction of sp³-hybridized carbons (Fsp3) is 0. The predicted octanol–water partition coefficient (Wildman–Crippen LogP) is 9.28. The SMILES string of the molecule is N#Cc1cc(F)cc(-c2ccc(-c3ccc4c(c3)c3ccccc3n4-c3ccccc3)c3ccccc23)c1. The molecule has 38 heavy (non-hydrogen) atoms. The Hall–Kier alpha value is -5.20. The van der Waals surface area contributed by atoms with Crippen LogP contribution in [0.25, 0.3) is 60.5 Å². The van der Waals surface area contributed by atoms with E-state index >= 15 is 0 Å². The van der Waals surface area contributed by atoms with Gasteiger partial charge in [-0.3, -0.25) is 0 Å². The van der Waals surface area contributed by atoms with E-state index in [2.05, 4.69) is 95.6 Å². The van der Waals surface area contributed by atoms with Gasteiger partial charge in [-0.25, -0.2) is 4.39 Å². The van der Waals surface area contributed by atoms with Crippen LogP contribution >= 0.6 is 0 Å². The van der Waals surface area contributed by atoms with E-state index in [1.807, 2.05) is 24.3 Å². The zero-order valence-electron chi connectivity index (χ0n) is 20.4. The van der Waals surface area contributed by atoms with Crippen LogP contribution in [0.3, 0.4) is 0 Å². The van der Waals surface area contributed by atoms with Gasteiger partial charge < -0.3 is 4.57 Å². The topological polar surface area (TPSA) is 28.7 Å². The van der Waals surface area contributed by atoms with Crippen molar-refractivity contribution in [1.29, 1.82) is 5.26 Å². The van der Waals surface area contributed by atoms with E-state index in [1.165, 1.54) is 28.4 Å². The molecule has 0 unspecified atom stereocenters. The van der Waals surface area contributed by atoms with Crippen molar-refractivity contribution in [2.45, 2.75) is 0 Å². The molecule has 6 aromatic carbocycles. The maximum Gasteiger partial charge on any atom is 0.125 e. The molecule has 7 aromatic rings. The van der Waals surface area contributed by atoms with E-state index in [4.69, 9.17) is 0 Å². The minimum Gasteiger partial charge on any atom is -0.309 e. The molecule has 0 spiro atoms. The van der Waals surface area contributed by atoms with Gasteiger partial charge in [0.25, 0.3) is 0 Å². The van der Waals surface area contributed by atoms with Crippen LogP contribution in [0.15, 0.2) is 127 Å². The van der Waals surface area contributed by atoms with Gasteiger partial charge >= 0.3 is 0 Å². The fourth-order valence-electron chi connectivity index (χ4n) is 5.61. The lowest BCUT2D eigenvalue weighted by Crippen LogP contribution is -1.93. The van der Waals surface area contributed by atoms with Crippen molar-refractivity contribution in [1.82, 2.24) is 4.57 Å². The molecule has 0 amide bonds.